The monoisotopic (exact) mass is 427 g/mol. The molecule has 2 N–H and O–H groups in total. The third-order valence-corrected chi connectivity index (χ3v) is 6.72. The number of rotatable bonds is 6. The number of hydrogen-bond donors (Lipinski definition) is 2. The van der Waals surface area contributed by atoms with E-state index in [0.717, 1.165) is 50.3 Å². The zero-order chi connectivity index (χ0) is 22.2. The molecule has 0 radical (unpaired) electrons. The van der Waals surface area contributed by atoms with Crippen LogP contribution in [-0.4, -0.2) is 62.0 Å². The predicted molar refractivity (Wildman–Crippen MR) is 125 cm³/mol. The second-order valence-corrected chi connectivity index (χ2v) is 8.51. The van der Waals surface area contributed by atoms with Crippen molar-refractivity contribution in [3.05, 3.63) is 35.0 Å². The number of aryl methyl sites for hydroxylation is 1. The number of amides is 1. The fourth-order valence-electron chi connectivity index (χ4n) is 4.79. The second-order valence-electron chi connectivity index (χ2n) is 8.51. The zero-order valence-corrected chi connectivity index (χ0v) is 19.2. The molecule has 2 heterocycles. The van der Waals surface area contributed by atoms with Crippen LogP contribution >= 0.6 is 0 Å². The average Bonchev–Trinajstić information content (AvgIpc) is 3.20. The van der Waals surface area contributed by atoms with Crippen molar-refractivity contribution in [2.45, 2.75) is 46.0 Å². The van der Waals surface area contributed by atoms with Crippen LogP contribution < -0.4 is 5.32 Å². The number of fused-ring (bicyclic) bond motifs is 3. The molecule has 1 aromatic carbocycles. The Morgan fingerprint density at radius 3 is 2.61 bits per heavy atom. The van der Waals surface area contributed by atoms with Gasteiger partial charge in [-0.2, -0.15) is 0 Å². The molecule has 31 heavy (non-hydrogen) atoms. The summed E-state index contributed by atoms with van der Waals surface area (Å²) in [5.41, 5.74) is 4.50. The molecule has 0 bridgehead atoms. The summed E-state index contributed by atoms with van der Waals surface area (Å²) in [6.07, 6.45) is 6.54. The Hall–Kier alpha value is -2.18. The van der Waals surface area contributed by atoms with Crippen LogP contribution in [0.4, 0.5) is 0 Å². The highest BCUT2D eigenvalue weighted by Crippen LogP contribution is 2.38. The van der Waals surface area contributed by atoms with Gasteiger partial charge < -0.3 is 24.7 Å². The largest absolute Gasteiger partial charge is 0.381 e. The van der Waals surface area contributed by atoms with Gasteiger partial charge in [-0.05, 0) is 88.2 Å². The number of H-pyrrole nitrogens is 1. The first-order valence-corrected chi connectivity index (χ1v) is 11.7. The molecular weight excluding hydrogens is 390 g/mol. The van der Waals surface area contributed by atoms with Gasteiger partial charge in [0.2, 0.25) is 0 Å². The minimum absolute atomic E-state index is 0.0711. The molecule has 0 saturated carbocycles. The molecule has 170 valence electrons. The maximum absolute atomic E-state index is 12.8. The molecule has 1 amide bonds. The number of aromatic amines is 1. The molecule has 1 aromatic heterocycles. The number of nitrogens with zero attached hydrogens (tertiary/aromatic N) is 1. The molecule has 2 aliphatic rings. The van der Waals surface area contributed by atoms with E-state index in [2.05, 4.69) is 17.2 Å². The van der Waals surface area contributed by atoms with Crippen LogP contribution in [0.5, 0.6) is 0 Å². The summed E-state index contributed by atoms with van der Waals surface area (Å²) in [7, 11) is 1.93. The van der Waals surface area contributed by atoms with Crippen LogP contribution in [0, 0.1) is 11.8 Å². The number of aromatic nitrogens is 1. The van der Waals surface area contributed by atoms with E-state index < -0.39 is 0 Å². The summed E-state index contributed by atoms with van der Waals surface area (Å²) < 4.78 is 5.54. The average molecular weight is 428 g/mol. The lowest BCUT2D eigenvalue weighted by Crippen LogP contribution is -2.32. The number of aldehydes is 1. The lowest BCUT2D eigenvalue weighted by atomic mass is 9.75. The normalized spacial score (nSPS) is 18.7. The van der Waals surface area contributed by atoms with Gasteiger partial charge in [0.15, 0.2) is 0 Å². The van der Waals surface area contributed by atoms with Crippen LogP contribution in [0.25, 0.3) is 10.9 Å². The van der Waals surface area contributed by atoms with Crippen molar-refractivity contribution in [2.24, 2.45) is 11.8 Å². The fourth-order valence-corrected chi connectivity index (χ4v) is 4.79. The number of ether oxygens (including phenoxy) is 1. The molecule has 0 spiro atoms. The highest BCUT2D eigenvalue weighted by atomic mass is 16.5. The third-order valence-electron chi connectivity index (χ3n) is 6.72. The van der Waals surface area contributed by atoms with Crippen LogP contribution in [0.15, 0.2) is 18.2 Å². The Labute approximate surface area is 185 Å². The highest BCUT2D eigenvalue weighted by molar-refractivity contribution is 5.99. The summed E-state index contributed by atoms with van der Waals surface area (Å²) in [5.74, 6) is 1.39. The SMILES string of the molecule is CCN(CC=O)C(=O)c1ccc2[nH]c3c(c2c1)CC(C1CCOCC1)CC3.CCNC. The number of nitrogens with one attached hydrogen (secondary N) is 2. The summed E-state index contributed by atoms with van der Waals surface area (Å²) in [5, 5.41) is 4.11. The van der Waals surface area contributed by atoms with Gasteiger partial charge in [0, 0.05) is 41.9 Å². The Bertz CT molecular complexity index is 868. The fraction of sp³-hybridized carbons (Fsp3) is 0.600. The molecule has 1 saturated heterocycles. The van der Waals surface area contributed by atoms with Crippen LogP contribution in [0.3, 0.4) is 0 Å². The van der Waals surface area contributed by atoms with Gasteiger partial charge in [0.1, 0.15) is 6.29 Å². The van der Waals surface area contributed by atoms with Gasteiger partial charge >= 0.3 is 0 Å². The molecule has 6 heteroatoms. The summed E-state index contributed by atoms with van der Waals surface area (Å²) in [6, 6.07) is 5.90. The van der Waals surface area contributed by atoms with Gasteiger partial charge in [0.25, 0.3) is 5.91 Å². The Kier molecular flexibility index (Phi) is 8.67. The van der Waals surface area contributed by atoms with Crippen molar-refractivity contribution >= 4 is 23.1 Å². The topological polar surface area (TPSA) is 74.4 Å². The molecule has 1 aliphatic carbocycles. The number of carbonyl (C=O) groups excluding carboxylic acids is 2. The van der Waals surface area contributed by atoms with E-state index in [-0.39, 0.29) is 12.5 Å². The molecule has 6 nitrogen and oxygen atoms in total. The maximum atomic E-state index is 12.8. The number of likely N-dealkylation sites (N-methyl/N-ethyl adjacent to an activating group) is 1. The summed E-state index contributed by atoms with van der Waals surface area (Å²) in [4.78, 5) is 28.8. The van der Waals surface area contributed by atoms with Crippen molar-refractivity contribution in [1.29, 1.82) is 0 Å². The number of benzene rings is 1. The zero-order valence-electron chi connectivity index (χ0n) is 19.2. The summed E-state index contributed by atoms with van der Waals surface area (Å²) in [6.45, 7) is 7.50. The standard InChI is InChI=1S/C22H28N2O3.C3H9N/c1-2-24(9-10-25)22(26)17-4-6-21-19(14-17)18-13-16(3-5-20(18)23-21)15-7-11-27-12-8-15;1-3-4-2/h4,6,10,14-16,23H,2-3,5,7-9,11-13H2,1H3;4H,3H2,1-2H3. The van der Waals surface area contributed by atoms with Gasteiger partial charge in [-0.1, -0.05) is 6.92 Å². The van der Waals surface area contributed by atoms with E-state index in [1.165, 1.54) is 35.9 Å². The van der Waals surface area contributed by atoms with Crippen molar-refractivity contribution in [3.8, 4) is 0 Å². The Morgan fingerprint density at radius 2 is 1.97 bits per heavy atom. The van der Waals surface area contributed by atoms with Gasteiger partial charge in [-0.15, -0.1) is 0 Å². The van der Waals surface area contributed by atoms with E-state index in [1.54, 1.807) is 4.90 Å². The van der Waals surface area contributed by atoms with Crippen molar-refractivity contribution in [1.82, 2.24) is 15.2 Å². The number of hydrogen-bond acceptors (Lipinski definition) is 4. The van der Waals surface area contributed by atoms with Gasteiger partial charge in [-0.25, -0.2) is 0 Å². The first kappa shape index (κ1) is 23.5. The molecule has 4 rings (SSSR count). The van der Waals surface area contributed by atoms with E-state index in [0.29, 0.717) is 18.0 Å². The summed E-state index contributed by atoms with van der Waals surface area (Å²) >= 11 is 0. The van der Waals surface area contributed by atoms with Crippen molar-refractivity contribution < 1.29 is 14.3 Å². The molecule has 1 fully saturated rings. The van der Waals surface area contributed by atoms with Gasteiger partial charge in [0.05, 0.1) is 6.54 Å². The second kappa shape index (κ2) is 11.4. The Balaban J connectivity index is 0.000000628. The third kappa shape index (κ3) is 5.55. The van der Waals surface area contributed by atoms with E-state index >= 15 is 0 Å². The van der Waals surface area contributed by atoms with Crippen LogP contribution in [0.2, 0.25) is 0 Å². The lowest BCUT2D eigenvalue weighted by Gasteiger charge is -2.33. The van der Waals surface area contributed by atoms with E-state index in [1.807, 2.05) is 32.2 Å². The maximum Gasteiger partial charge on any atom is 0.254 e. The Morgan fingerprint density at radius 1 is 1.23 bits per heavy atom. The highest BCUT2D eigenvalue weighted by Gasteiger charge is 2.30. The minimum atomic E-state index is -0.0711. The van der Waals surface area contributed by atoms with E-state index in [9.17, 15) is 9.59 Å². The molecule has 1 atom stereocenters. The molecular formula is C25H37N3O3. The quantitative estimate of drug-likeness (QED) is 0.691. The van der Waals surface area contributed by atoms with Crippen LogP contribution in [0.1, 0.15) is 54.7 Å². The molecule has 2 aromatic rings. The smallest absolute Gasteiger partial charge is 0.254 e. The van der Waals surface area contributed by atoms with Crippen molar-refractivity contribution in [2.75, 3.05) is 39.9 Å². The molecule has 1 aliphatic heterocycles. The van der Waals surface area contributed by atoms with Crippen LogP contribution in [-0.2, 0) is 22.4 Å². The first-order valence-electron chi connectivity index (χ1n) is 11.7. The van der Waals surface area contributed by atoms with E-state index in [4.69, 9.17) is 4.74 Å². The van der Waals surface area contributed by atoms with Crippen molar-refractivity contribution in [3.63, 3.8) is 0 Å². The predicted octanol–water partition coefficient (Wildman–Crippen LogP) is 3.59. The number of carbonyl (C=O) groups is 2. The lowest BCUT2D eigenvalue weighted by molar-refractivity contribution is -0.108. The van der Waals surface area contributed by atoms with Gasteiger partial charge in [-0.3, -0.25) is 4.79 Å². The molecule has 1 unspecified atom stereocenters. The minimum Gasteiger partial charge on any atom is -0.381 e. The first-order chi connectivity index (χ1) is 15.1.